The molecule has 4 rings (SSSR count). The topological polar surface area (TPSA) is 97.0 Å². The molecule has 0 radical (unpaired) electrons. The lowest BCUT2D eigenvalue weighted by Crippen LogP contribution is -2.47. The fourth-order valence-corrected chi connectivity index (χ4v) is 4.33. The highest BCUT2D eigenvalue weighted by atomic mass is 16.6. The summed E-state index contributed by atoms with van der Waals surface area (Å²) in [4.78, 5) is 40.8. The zero-order valence-corrected chi connectivity index (χ0v) is 22.1. The smallest absolute Gasteiger partial charge is 0.411 e. The molecule has 1 heterocycles. The summed E-state index contributed by atoms with van der Waals surface area (Å²) >= 11 is 0. The van der Waals surface area contributed by atoms with Crippen LogP contribution in [0.2, 0.25) is 0 Å². The number of nitrogens with zero attached hydrogens (tertiary/aromatic N) is 1. The van der Waals surface area contributed by atoms with Crippen LogP contribution in [0.25, 0.3) is 0 Å². The first-order valence-corrected chi connectivity index (χ1v) is 12.6. The normalized spacial score (nSPS) is 16.8. The summed E-state index contributed by atoms with van der Waals surface area (Å²) in [5.41, 5.74) is 3.50. The number of carbonyl (C=O) groups excluding carboxylic acids is 3. The highest BCUT2D eigenvalue weighted by Crippen LogP contribution is 2.35. The number of hydrogen-bond acceptors (Lipinski definition) is 5. The van der Waals surface area contributed by atoms with E-state index in [-0.39, 0.29) is 24.3 Å². The van der Waals surface area contributed by atoms with Gasteiger partial charge in [0, 0.05) is 12.2 Å². The fraction of sp³-hybridized carbons (Fsp3) is 0.300. The third-order valence-electron chi connectivity index (χ3n) is 6.34. The van der Waals surface area contributed by atoms with Crippen molar-refractivity contribution < 1.29 is 23.9 Å². The van der Waals surface area contributed by atoms with E-state index in [0.717, 1.165) is 11.1 Å². The van der Waals surface area contributed by atoms with Crippen LogP contribution >= 0.6 is 0 Å². The van der Waals surface area contributed by atoms with Crippen LogP contribution in [-0.4, -0.2) is 42.5 Å². The van der Waals surface area contributed by atoms with Crippen molar-refractivity contribution in [1.29, 1.82) is 0 Å². The molecule has 1 aliphatic rings. The van der Waals surface area contributed by atoms with Crippen molar-refractivity contribution in [2.24, 2.45) is 5.92 Å². The molecule has 8 heteroatoms. The molecule has 38 heavy (non-hydrogen) atoms. The van der Waals surface area contributed by atoms with Gasteiger partial charge in [0.2, 0.25) is 5.91 Å². The molecule has 1 aliphatic heterocycles. The van der Waals surface area contributed by atoms with E-state index in [1.54, 1.807) is 48.5 Å². The Morgan fingerprint density at radius 3 is 2.47 bits per heavy atom. The predicted molar refractivity (Wildman–Crippen MR) is 145 cm³/mol. The molecule has 0 spiro atoms. The Balaban J connectivity index is 1.61. The summed E-state index contributed by atoms with van der Waals surface area (Å²) < 4.78 is 11.1. The van der Waals surface area contributed by atoms with Gasteiger partial charge in [-0.25, -0.2) is 4.79 Å². The highest BCUT2D eigenvalue weighted by Gasteiger charge is 2.47. The number of aryl methyl sites for hydroxylation is 1. The number of benzene rings is 3. The quantitative estimate of drug-likeness (QED) is 0.414. The van der Waals surface area contributed by atoms with E-state index in [9.17, 15) is 14.4 Å². The lowest BCUT2D eigenvalue weighted by molar-refractivity contribution is -0.126. The SMILES string of the molecule is COc1ccccc1C(=O)Nc1cccc(C2OC(=O)N(Cc3ccc(C)cc3)C2C(=O)NCC(C)C)c1. The molecular weight excluding hydrogens is 482 g/mol. The number of nitrogens with one attached hydrogen (secondary N) is 2. The molecule has 0 aromatic heterocycles. The number of ether oxygens (including phenoxy) is 2. The molecule has 3 aromatic carbocycles. The number of rotatable bonds is 9. The summed E-state index contributed by atoms with van der Waals surface area (Å²) in [6.07, 6.45) is -1.41. The standard InChI is InChI=1S/C30H33N3O5/c1-19(2)17-31-29(35)26-27(38-30(36)33(26)18-21-14-12-20(3)13-15-21)22-8-7-9-23(16-22)32-28(34)24-10-5-6-11-25(24)37-4/h5-16,19,26-27H,17-18H2,1-4H3,(H,31,35)(H,32,34). The summed E-state index contributed by atoms with van der Waals surface area (Å²) in [6.45, 7) is 6.72. The Morgan fingerprint density at radius 1 is 1.03 bits per heavy atom. The molecule has 0 saturated carbocycles. The van der Waals surface area contributed by atoms with Gasteiger partial charge in [0.1, 0.15) is 5.75 Å². The molecule has 2 N–H and O–H groups in total. The summed E-state index contributed by atoms with van der Waals surface area (Å²) in [6, 6.07) is 20.9. The number of methoxy groups -OCH3 is 1. The Labute approximate surface area is 222 Å². The van der Waals surface area contributed by atoms with Gasteiger partial charge in [-0.05, 0) is 48.2 Å². The van der Waals surface area contributed by atoms with Crippen LogP contribution in [0.15, 0.2) is 72.8 Å². The van der Waals surface area contributed by atoms with Gasteiger partial charge in [-0.15, -0.1) is 0 Å². The van der Waals surface area contributed by atoms with Crippen molar-refractivity contribution in [2.75, 3.05) is 19.0 Å². The lowest BCUT2D eigenvalue weighted by atomic mass is 9.99. The first kappa shape index (κ1) is 26.7. The van der Waals surface area contributed by atoms with Crippen molar-refractivity contribution in [1.82, 2.24) is 10.2 Å². The highest BCUT2D eigenvalue weighted by molar-refractivity contribution is 6.06. The fourth-order valence-electron chi connectivity index (χ4n) is 4.33. The number of hydrogen-bond donors (Lipinski definition) is 2. The maximum absolute atomic E-state index is 13.4. The van der Waals surface area contributed by atoms with Crippen LogP contribution in [0.5, 0.6) is 5.75 Å². The second kappa shape index (κ2) is 11.8. The van der Waals surface area contributed by atoms with Crippen LogP contribution in [0, 0.1) is 12.8 Å². The summed E-state index contributed by atoms with van der Waals surface area (Å²) in [5, 5.41) is 5.83. The molecule has 2 unspecified atom stereocenters. The molecule has 1 fully saturated rings. The van der Waals surface area contributed by atoms with Crippen molar-refractivity contribution in [3.05, 3.63) is 95.1 Å². The van der Waals surface area contributed by atoms with E-state index in [1.807, 2.05) is 45.0 Å². The van der Waals surface area contributed by atoms with E-state index in [2.05, 4.69) is 10.6 Å². The van der Waals surface area contributed by atoms with Crippen LogP contribution in [-0.2, 0) is 16.1 Å². The third kappa shape index (κ3) is 6.14. The Hall–Kier alpha value is -4.33. The Kier molecular flexibility index (Phi) is 8.31. The number of anilines is 1. The maximum Gasteiger partial charge on any atom is 0.411 e. The van der Waals surface area contributed by atoms with E-state index in [4.69, 9.17) is 9.47 Å². The van der Waals surface area contributed by atoms with Gasteiger partial charge in [-0.1, -0.05) is 67.9 Å². The zero-order valence-electron chi connectivity index (χ0n) is 22.1. The second-order valence-electron chi connectivity index (χ2n) is 9.78. The average molecular weight is 516 g/mol. The van der Waals surface area contributed by atoms with Crippen molar-refractivity contribution in [3.63, 3.8) is 0 Å². The third-order valence-corrected chi connectivity index (χ3v) is 6.34. The largest absolute Gasteiger partial charge is 0.496 e. The number of amides is 3. The Morgan fingerprint density at radius 2 is 1.76 bits per heavy atom. The minimum Gasteiger partial charge on any atom is -0.496 e. The molecule has 8 nitrogen and oxygen atoms in total. The monoisotopic (exact) mass is 515 g/mol. The van der Waals surface area contributed by atoms with Crippen LogP contribution < -0.4 is 15.4 Å². The summed E-state index contributed by atoms with van der Waals surface area (Å²) in [5.74, 6) is 0.0781. The van der Waals surface area contributed by atoms with Gasteiger partial charge in [-0.2, -0.15) is 0 Å². The number of carbonyl (C=O) groups is 3. The lowest BCUT2D eigenvalue weighted by Gasteiger charge is -2.25. The van der Waals surface area contributed by atoms with E-state index in [0.29, 0.717) is 29.1 Å². The van der Waals surface area contributed by atoms with Gasteiger partial charge in [0.15, 0.2) is 12.1 Å². The first-order chi connectivity index (χ1) is 18.3. The minimum absolute atomic E-state index is 0.236. The van der Waals surface area contributed by atoms with Crippen LogP contribution in [0.3, 0.4) is 0 Å². The molecule has 3 aromatic rings. The molecule has 2 atom stereocenters. The predicted octanol–water partition coefficient (Wildman–Crippen LogP) is 5.09. The molecular formula is C30H33N3O5. The minimum atomic E-state index is -0.872. The molecule has 198 valence electrons. The van der Waals surface area contributed by atoms with Crippen LogP contribution in [0.4, 0.5) is 10.5 Å². The van der Waals surface area contributed by atoms with Gasteiger partial charge in [0.25, 0.3) is 5.91 Å². The van der Waals surface area contributed by atoms with Gasteiger partial charge >= 0.3 is 6.09 Å². The zero-order chi connectivity index (χ0) is 27.2. The van der Waals surface area contributed by atoms with E-state index < -0.39 is 18.2 Å². The maximum atomic E-state index is 13.4. The van der Waals surface area contributed by atoms with Crippen LogP contribution in [0.1, 0.15) is 47.0 Å². The van der Waals surface area contributed by atoms with Crippen molar-refractivity contribution in [3.8, 4) is 5.75 Å². The van der Waals surface area contributed by atoms with Crippen molar-refractivity contribution in [2.45, 2.75) is 39.5 Å². The second-order valence-corrected chi connectivity index (χ2v) is 9.78. The van der Waals surface area contributed by atoms with Gasteiger partial charge < -0.3 is 20.1 Å². The molecule has 3 amide bonds. The average Bonchev–Trinajstić information content (AvgIpc) is 3.24. The van der Waals surface area contributed by atoms with E-state index >= 15 is 0 Å². The number of para-hydroxylation sites is 1. The molecule has 0 aliphatic carbocycles. The van der Waals surface area contributed by atoms with Gasteiger partial charge in [-0.3, -0.25) is 14.5 Å². The van der Waals surface area contributed by atoms with Crippen molar-refractivity contribution >= 4 is 23.6 Å². The molecule has 1 saturated heterocycles. The number of cyclic esters (lactones) is 1. The van der Waals surface area contributed by atoms with Gasteiger partial charge in [0.05, 0.1) is 19.2 Å². The molecule has 0 bridgehead atoms. The Bertz CT molecular complexity index is 1310. The first-order valence-electron chi connectivity index (χ1n) is 12.6. The van der Waals surface area contributed by atoms with E-state index in [1.165, 1.54) is 12.0 Å². The summed E-state index contributed by atoms with van der Waals surface area (Å²) in [7, 11) is 1.51.